The highest BCUT2D eigenvalue weighted by molar-refractivity contribution is 5.24. The number of nitrogens with zero attached hydrogens (tertiary/aromatic N) is 1. The van der Waals surface area contributed by atoms with Gasteiger partial charge in [0.2, 0.25) is 0 Å². The van der Waals surface area contributed by atoms with E-state index in [-0.39, 0.29) is 0 Å². The zero-order chi connectivity index (χ0) is 19.2. The molecule has 1 heterocycles. The van der Waals surface area contributed by atoms with Gasteiger partial charge in [0.25, 0.3) is 0 Å². The lowest BCUT2D eigenvalue weighted by Crippen LogP contribution is -2.48. The molecule has 28 heavy (non-hydrogen) atoms. The Labute approximate surface area is 169 Å². The summed E-state index contributed by atoms with van der Waals surface area (Å²) in [5, 5.41) is 3.94. The van der Waals surface area contributed by atoms with E-state index in [0.29, 0.717) is 18.0 Å². The first-order chi connectivity index (χ1) is 13.8. The summed E-state index contributed by atoms with van der Waals surface area (Å²) in [5.41, 5.74) is 4.21. The van der Waals surface area contributed by atoms with Crippen LogP contribution in [0.2, 0.25) is 0 Å². The van der Waals surface area contributed by atoms with Crippen molar-refractivity contribution in [1.29, 1.82) is 0 Å². The van der Waals surface area contributed by atoms with Crippen LogP contribution >= 0.6 is 0 Å². The molecule has 1 aliphatic rings. The molecule has 0 unspecified atom stereocenters. The van der Waals surface area contributed by atoms with Gasteiger partial charge in [0.05, 0.1) is 0 Å². The van der Waals surface area contributed by atoms with Crippen molar-refractivity contribution in [2.24, 2.45) is 0 Å². The summed E-state index contributed by atoms with van der Waals surface area (Å²) >= 11 is 0. The van der Waals surface area contributed by atoms with E-state index in [1.54, 1.807) is 0 Å². The van der Waals surface area contributed by atoms with Crippen LogP contribution in [0.3, 0.4) is 0 Å². The average molecular weight is 371 g/mol. The lowest BCUT2D eigenvalue weighted by molar-refractivity contribution is 0.162. The normalized spacial score (nSPS) is 21.3. The third kappa shape index (κ3) is 4.70. The first-order valence-corrected chi connectivity index (χ1v) is 10.4. The third-order valence-corrected chi connectivity index (χ3v) is 5.94. The molecule has 0 bridgehead atoms. The van der Waals surface area contributed by atoms with Crippen LogP contribution in [0.15, 0.2) is 91.0 Å². The van der Waals surface area contributed by atoms with Crippen molar-refractivity contribution in [2.45, 2.75) is 37.9 Å². The van der Waals surface area contributed by atoms with E-state index < -0.39 is 0 Å². The molecule has 1 saturated heterocycles. The fourth-order valence-corrected chi connectivity index (χ4v) is 4.40. The lowest BCUT2D eigenvalue weighted by atomic mass is 9.85. The van der Waals surface area contributed by atoms with Gasteiger partial charge in [-0.1, -0.05) is 91.0 Å². The Morgan fingerprint density at radius 3 is 2.14 bits per heavy atom. The van der Waals surface area contributed by atoms with Crippen molar-refractivity contribution in [3.63, 3.8) is 0 Å². The second kappa shape index (κ2) is 9.18. The quantitative estimate of drug-likeness (QED) is 0.625. The maximum absolute atomic E-state index is 3.94. The summed E-state index contributed by atoms with van der Waals surface area (Å²) < 4.78 is 0. The largest absolute Gasteiger partial charge is 0.307 e. The summed E-state index contributed by atoms with van der Waals surface area (Å²) in [6.07, 6.45) is 1.17. The average Bonchev–Trinajstić information content (AvgIpc) is 2.77. The molecular formula is C26H30N2. The number of piperidine rings is 1. The summed E-state index contributed by atoms with van der Waals surface area (Å²) in [7, 11) is 0. The van der Waals surface area contributed by atoms with E-state index in [2.05, 4.69) is 108 Å². The van der Waals surface area contributed by atoms with E-state index in [1.165, 1.54) is 23.1 Å². The molecule has 0 saturated carbocycles. The standard InChI is InChI=1S/C26H30N2/c1-21(23-13-7-3-8-14-23)27-26-17-18-28(19-22-11-5-2-6-12-22)20-25(26)24-15-9-4-10-16-24/h2-16,21,25-27H,17-20H2,1H3/t21-,25+,26+/m0/s1. The second-order valence-electron chi connectivity index (χ2n) is 7.93. The number of rotatable bonds is 6. The van der Waals surface area contributed by atoms with Crippen LogP contribution in [-0.2, 0) is 6.54 Å². The molecule has 1 N–H and O–H groups in total. The van der Waals surface area contributed by atoms with Crippen LogP contribution in [0.4, 0.5) is 0 Å². The molecular weight excluding hydrogens is 340 g/mol. The van der Waals surface area contributed by atoms with Crippen molar-refractivity contribution in [1.82, 2.24) is 10.2 Å². The minimum absolute atomic E-state index is 0.359. The number of hydrogen-bond acceptors (Lipinski definition) is 2. The van der Waals surface area contributed by atoms with Crippen molar-refractivity contribution in [3.05, 3.63) is 108 Å². The van der Waals surface area contributed by atoms with E-state index in [0.717, 1.165) is 19.6 Å². The van der Waals surface area contributed by atoms with Crippen LogP contribution < -0.4 is 5.32 Å². The predicted molar refractivity (Wildman–Crippen MR) is 117 cm³/mol. The molecule has 0 spiro atoms. The molecule has 3 aromatic rings. The fourth-order valence-electron chi connectivity index (χ4n) is 4.40. The molecule has 1 fully saturated rings. The second-order valence-corrected chi connectivity index (χ2v) is 7.93. The van der Waals surface area contributed by atoms with Crippen LogP contribution in [0, 0.1) is 0 Å². The summed E-state index contributed by atoms with van der Waals surface area (Å²) in [6, 6.07) is 33.5. The SMILES string of the molecule is C[C@H](N[C@@H]1CCN(Cc2ccccc2)C[C@@H]1c1ccccc1)c1ccccc1. The van der Waals surface area contributed by atoms with Gasteiger partial charge in [-0.25, -0.2) is 0 Å². The van der Waals surface area contributed by atoms with Gasteiger partial charge < -0.3 is 5.32 Å². The number of likely N-dealkylation sites (tertiary alicyclic amines) is 1. The molecule has 144 valence electrons. The monoisotopic (exact) mass is 370 g/mol. The van der Waals surface area contributed by atoms with Crippen LogP contribution in [-0.4, -0.2) is 24.0 Å². The summed E-state index contributed by atoms with van der Waals surface area (Å²) in [5.74, 6) is 0.504. The van der Waals surface area contributed by atoms with Crippen molar-refractivity contribution in [2.75, 3.05) is 13.1 Å². The summed E-state index contributed by atoms with van der Waals surface area (Å²) in [6.45, 7) is 5.55. The minimum Gasteiger partial charge on any atom is -0.307 e. The Balaban J connectivity index is 1.50. The topological polar surface area (TPSA) is 15.3 Å². The Morgan fingerprint density at radius 2 is 1.46 bits per heavy atom. The maximum Gasteiger partial charge on any atom is 0.0294 e. The summed E-state index contributed by atoms with van der Waals surface area (Å²) in [4.78, 5) is 2.61. The molecule has 0 radical (unpaired) electrons. The van der Waals surface area contributed by atoms with Crippen LogP contribution in [0.5, 0.6) is 0 Å². The van der Waals surface area contributed by atoms with Gasteiger partial charge in [0.1, 0.15) is 0 Å². The maximum atomic E-state index is 3.94. The first-order valence-electron chi connectivity index (χ1n) is 10.4. The zero-order valence-corrected chi connectivity index (χ0v) is 16.7. The first kappa shape index (κ1) is 18.9. The molecule has 2 nitrogen and oxygen atoms in total. The molecule has 2 heteroatoms. The number of benzene rings is 3. The van der Waals surface area contributed by atoms with Gasteiger partial charge in [0.15, 0.2) is 0 Å². The highest BCUT2D eigenvalue weighted by Crippen LogP contribution is 2.30. The van der Waals surface area contributed by atoms with Gasteiger partial charge in [-0.3, -0.25) is 4.90 Å². The van der Waals surface area contributed by atoms with E-state index in [1.807, 2.05) is 0 Å². The molecule has 3 atom stereocenters. The minimum atomic E-state index is 0.359. The third-order valence-electron chi connectivity index (χ3n) is 5.94. The molecule has 1 aliphatic heterocycles. The Hall–Kier alpha value is -2.42. The number of hydrogen-bond donors (Lipinski definition) is 1. The van der Waals surface area contributed by atoms with Gasteiger partial charge in [-0.05, 0) is 30.0 Å². The fraction of sp³-hybridized carbons (Fsp3) is 0.308. The van der Waals surface area contributed by atoms with Crippen LogP contribution in [0.25, 0.3) is 0 Å². The highest BCUT2D eigenvalue weighted by atomic mass is 15.2. The molecule has 0 aromatic heterocycles. The molecule has 4 rings (SSSR count). The lowest BCUT2D eigenvalue weighted by Gasteiger charge is -2.40. The molecule has 3 aromatic carbocycles. The van der Waals surface area contributed by atoms with Crippen molar-refractivity contribution >= 4 is 0 Å². The Morgan fingerprint density at radius 1 is 0.857 bits per heavy atom. The van der Waals surface area contributed by atoms with Crippen molar-refractivity contribution < 1.29 is 0 Å². The van der Waals surface area contributed by atoms with Gasteiger partial charge >= 0.3 is 0 Å². The van der Waals surface area contributed by atoms with E-state index in [9.17, 15) is 0 Å². The van der Waals surface area contributed by atoms with Gasteiger partial charge in [-0.15, -0.1) is 0 Å². The molecule has 0 amide bonds. The number of nitrogens with one attached hydrogen (secondary N) is 1. The van der Waals surface area contributed by atoms with Crippen LogP contribution in [0.1, 0.15) is 42.0 Å². The zero-order valence-electron chi connectivity index (χ0n) is 16.7. The Bertz CT molecular complexity index is 832. The molecule has 0 aliphatic carbocycles. The smallest absolute Gasteiger partial charge is 0.0294 e. The van der Waals surface area contributed by atoms with E-state index >= 15 is 0 Å². The van der Waals surface area contributed by atoms with Gasteiger partial charge in [0, 0.05) is 37.6 Å². The van der Waals surface area contributed by atoms with Gasteiger partial charge in [-0.2, -0.15) is 0 Å². The Kier molecular flexibility index (Phi) is 6.20. The van der Waals surface area contributed by atoms with E-state index in [4.69, 9.17) is 0 Å². The van der Waals surface area contributed by atoms with Crippen molar-refractivity contribution in [3.8, 4) is 0 Å². The predicted octanol–water partition coefficient (Wildman–Crippen LogP) is 5.40. The highest BCUT2D eigenvalue weighted by Gasteiger charge is 2.31.